The number of nitrogens with zero attached hydrogens (tertiary/aromatic N) is 2. The summed E-state index contributed by atoms with van der Waals surface area (Å²) in [6, 6.07) is 24.6. The number of nitrogens with one attached hydrogen (secondary N) is 1. The number of para-hydroxylation sites is 2. The highest BCUT2D eigenvalue weighted by molar-refractivity contribution is 6.46. The van der Waals surface area contributed by atoms with E-state index < -0.39 is 11.8 Å². The molecule has 0 atom stereocenters. The van der Waals surface area contributed by atoms with Gasteiger partial charge in [0, 0.05) is 11.3 Å². The molecule has 1 N–H and O–H groups in total. The lowest BCUT2D eigenvalue weighted by molar-refractivity contribution is -0.120. The van der Waals surface area contributed by atoms with Crippen LogP contribution in [0, 0.1) is 11.3 Å². The van der Waals surface area contributed by atoms with E-state index in [-0.39, 0.29) is 11.3 Å². The topological polar surface area (TPSA) is 82.4 Å². The quantitative estimate of drug-likeness (QED) is 0.661. The number of carbonyl (C=O) groups is 2. The van der Waals surface area contributed by atoms with Crippen molar-refractivity contribution in [1.82, 2.24) is 0 Å². The Morgan fingerprint density at radius 3 is 2.20 bits per heavy atom. The molecule has 2 amide bonds. The molecule has 0 aliphatic carbocycles. The summed E-state index contributed by atoms with van der Waals surface area (Å²) in [4.78, 5) is 27.9. The van der Waals surface area contributed by atoms with Gasteiger partial charge in [-0.3, -0.25) is 9.59 Å². The number of carbonyl (C=O) groups excluding carboxylic acids is 2. The van der Waals surface area contributed by atoms with Crippen LogP contribution in [0.15, 0.2) is 84.6 Å². The Morgan fingerprint density at radius 1 is 0.867 bits per heavy atom. The van der Waals surface area contributed by atoms with Gasteiger partial charge in [0.05, 0.1) is 30.0 Å². The van der Waals surface area contributed by atoms with E-state index in [0.717, 1.165) is 4.90 Å². The molecule has 1 aliphatic rings. The largest absolute Gasteiger partial charge is 0.496 e. The second kappa shape index (κ2) is 7.94. The fraction of sp³-hybridized carbons (Fsp3) is 0.0417. The highest BCUT2D eigenvalue weighted by Crippen LogP contribution is 2.37. The third-order valence-electron chi connectivity index (χ3n) is 4.76. The summed E-state index contributed by atoms with van der Waals surface area (Å²) >= 11 is 0. The predicted molar refractivity (Wildman–Crippen MR) is 114 cm³/mol. The number of rotatable bonds is 5. The average Bonchev–Trinajstić information content (AvgIpc) is 3.03. The first kappa shape index (κ1) is 19.0. The average molecular weight is 395 g/mol. The Labute approximate surface area is 173 Å². The molecule has 0 saturated heterocycles. The first-order valence-corrected chi connectivity index (χ1v) is 9.22. The predicted octanol–water partition coefficient (Wildman–Crippen LogP) is 3.96. The second-order valence-electron chi connectivity index (χ2n) is 6.55. The molecular formula is C24H17N3O3. The zero-order valence-corrected chi connectivity index (χ0v) is 16.1. The van der Waals surface area contributed by atoms with Crippen LogP contribution in [0.5, 0.6) is 5.75 Å². The van der Waals surface area contributed by atoms with E-state index in [1.807, 2.05) is 36.4 Å². The van der Waals surface area contributed by atoms with Crippen LogP contribution < -0.4 is 15.0 Å². The van der Waals surface area contributed by atoms with E-state index in [1.54, 1.807) is 48.5 Å². The van der Waals surface area contributed by atoms with Crippen molar-refractivity contribution in [2.45, 2.75) is 0 Å². The number of hydrogen-bond acceptors (Lipinski definition) is 5. The normalized spacial score (nSPS) is 13.4. The van der Waals surface area contributed by atoms with Crippen LogP contribution >= 0.6 is 0 Å². The fourth-order valence-electron chi connectivity index (χ4n) is 3.33. The van der Waals surface area contributed by atoms with Gasteiger partial charge in [0.2, 0.25) is 0 Å². The van der Waals surface area contributed by atoms with Crippen molar-refractivity contribution < 1.29 is 14.3 Å². The molecule has 0 spiro atoms. The first-order valence-electron chi connectivity index (χ1n) is 9.22. The fourth-order valence-corrected chi connectivity index (χ4v) is 3.33. The van der Waals surface area contributed by atoms with Crippen molar-refractivity contribution in [2.75, 3.05) is 17.3 Å². The Kier molecular flexibility index (Phi) is 5.02. The molecule has 0 unspecified atom stereocenters. The minimum absolute atomic E-state index is 0.167. The summed E-state index contributed by atoms with van der Waals surface area (Å²) in [6.07, 6.45) is 0. The summed E-state index contributed by atoms with van der Waals surface area (Å²) in [5.41, 5.74) is 2.43. The summed E-state index contributed by atoms with van der Waals surface area (Å²) < 4.78 is 5.43. The summed E-state index contributed by atoms with van der Waals surface area (Å²) in [6.45, 7) is 0. The zero-order chi connectivity index (χ0) is 21.1. The van der Waals surface area contributed by atoms with Gasteiger partial charge in [0.1, 0.15) is 11.4 Å². The smallest absolute Gasteiger partial charge is 0.282 e. The molecule has 0 saturated carbocycles. The van der Waals surface area contributed by atoms with Crippen LogP contribution in [0.4, 0.5) is 11.4 Å². The van der Waals surface area contributed by atoms with Gasteiger partial charge in [0.25, 0.3) is 11.8 Å². The van der Waals surface area contributed by atoms with Crippen LogP contribution in [-0.4, -0.2) is 18.9 Å². The number of methoxy groups -OCH3 is 1. The van der Waals surface area contributed by atoms with E-state index in [4.69, 9.17) is 10.00 Å². The minimum atomic E-state index is -0.477. The zero-order valence-electron chi connectivity index (χ0n) is 16.1. The molecule has 3 aromatic carbocycles. The number of amides is 2. The number of anilines is 2. The highest BCUT2D eigenvalue weighted by atomic mass is 16.5. The van der Waals surface area contributed by atoms with Gasteiger partial charge < -0.3 is 10.1 Å². The van der Waals surface area contributed by atoms with Crippen LogP contribution in [0.25, 0.3) is 5.57 Å². The van der Waals surface area contributed by atoms with Crippen LogP contribution in [0.2, 0.25) is 0 Å². The molecule has 3 aromatic rings. The van der Waals surface area contributed by atoms with Gasteiger partial charge in [-0.25, -0.2) is 4.90 Å². The summed E-state index contributed by atoms with van der Waals surface area (Å²) in [5.74, 6) is -0.454. The molecule has 0 bridgehead atoms. The van der Waals surface area contributed by atoms with Gasteiger partial charge in [-0.15, -0.1) is 0 Å². The Balaban J connectivity index is 1.85. The van der Waals surface area contributed by atoms with E-state index in [0.29, 0.717) is 28.3 Å². The molecule has 6 heteroatoms. The lowest BCUT2D eigenvalue weighted by Crippen LogP contribution is -2.32. The molecule has 1 heterocycles. The number of benzene rings is 3. The first-order chi connectivity index (χ1) is 14.6. The maximum Gasteiger partial charge on any atom is 0.282 e. The number of hydrogen-bond donors (Lipinski definition) is 1. The Hall–Kier alpha value is -4.37. The van der Waals surface area contributed by atoms with E-state index >= 15 is 0 Å². The molecule has 0 aromatic heterocycles. The number of nitriles is 1. The lowest BCUT2D eigenvalue weighted by atomic mass is 10.0. The molecule has 0 radical (unpaired) electrons. The molecule has 0 fully saturated rings. The monoisotopic (exact) mass is 395 g/mol. The maximum absolute atomic E-state index is 13.4. The van der Waals surface area contributed by atoms with E-state index in [9.17, 15) is 9.59 Å². The summed E-state index contributed by atoms with van der Waals surface area (Å²) in [7, 11) is 1.52. The van der Waals surface area contributed by atoms with Gasteiger partial charge in [-0.2, -0.15) is 5.26 Å². The third-order valence-corrected chi connectivity index (χ3v) is 4.76. The number of ether oxygens (including phenoxy) is 1. The van der Waals surface area contributed by atoms with Crippen molar-refractivity contribution in [1.29, 1.82) is 5.26 Å². The molecule has 1 aliphatic heterocycles. The van der Waals surface area contributed by atoms with Crippen molar-refractivity contribution in [3.8, 4) is 11.8 Å². The Morgan fingerprint density at radius 2 is 1.53 bits per heavy atom. The van der Waals surface area contributed by atoms with E-state index in [1.165, 1.54) is 7.11 Å². The maximum atomic E-state index is 13.4. The number of imide groups is 1. The molecule has 30 heavy (non-hydrogen) atoms. The van der Waals surface area contributed by atoms with Gasteiger partial charge in [-0.05, 0) is 42.5 Å². The third kappa shape index (κ3) is 3.29. The van der Waals surface area contributed by atoms with Crippen LogP contribution in [-0.2, 0) is 9.59 Å². The van der Waals surface area contributed by atoms with Gasteiger partial charge in [0.15, 0.2) is 0 Å². The Bertz CT molecular complexity index is 1190. The standard InChI is InChI=1S/C24H17N3O3/c1-30-20-10-6-5-9-19(20)21-22(26-17-7-3-2-4-8-17)24(29)27(23(21)28)18-13-11-16(15-25)12-14-18/h2-14,26H,1H3. The SMILES string of the molecule is COc1ccccc1C1=C(Nc2ccccc2)C(=O)N(c2ccc(C#N)cc2)C1=O. The van der Waals surface area contributed by atoms with Crippen molar-refractivity contribution in [3.05, 3.63) is 95.7 Å². The lowest BCUT2D eigenvalue weighted by Gasteiger charge is -2.15. The molecular weight excluding hydrogens is 378 g/mol. The van der Waals surface area contributed by atoms with Crippen LogP contribution in [0.3, 0.4) is 0 Å². The van der Waals surface area contributed by atoms with Gasteiger partial charge >= 0.3 is 0 Å². The molecule has 6 nitrogen and oxygen atoms in total. The van der Waals surface area contributed by atoms with Crippen LogP contribution in [0.1, 0.15) is 11.1 Å². The summed E-state index contributed by atoms with van der Waals surface area (Å²) in [5, 5.41) is 12.1. The molecule has 4 rings (SSSR count). The second-order valence-corrected chi connectivity index (χ2v) is 6.55. The van der Waals surface area contributed by atoms with E-state index in [2.05, 4.69) is 5.32 Å². The van der Waals surface area contributed by atoms with Crippen molar-refractivity contribution >= 4 is 28.8 Å². The molecule has 146 valence electrons. The minimum Gasteiger partial charge on any atom is -0.496 e. The van der Waals surface area contributed by atoms with Gasteiger partial charge in [-0.1, -0.05) is 36.4 Å². The van der Waals surface area contributed by atoms with Crippen molar-refractivity contribution in [3.63, 3.8) is 0 Å². The van der Waals surface area contributed by atoms with Crippen molar-refractivity contribution in [2.24, 2.45) is 0 Å². The highest BCUT2D eigenvalue weighted by Gasteiger charge is 2.41.